The number of rotatable bonds is 2. The first-order valence-electron chi connectivity index (χ1n) is 5.06. The number of halogens is 3. The third-order valence-corrected chi connectivity index (χ3v) is 3.50. The molecule has 0 fully saturated rings. The van der Waals surface area contributed by atoms with Gasteiger partial charge in [0, 0.05) is 10.6 Å². The van der Waals surface area contributed by atoms with Crippen molar-refractivity contribution >= 4 is 17.4 Å². The van der Waals surface area contributed by atoms with Crippen molar-refractivity contribution < 1.29 is 17.6 Å². The third-order valence-electron chi connectivity index (χ3n) is 2.37. The molecule has 0 saturated heterocycles. The number of furan rings is 1. The molecule has 2 N–H and O–H groups in total. The van der Waals surface area contributed by atoms with Gasteiger partial charge in [-0.3, -0.25) is 0 Å². The van der Waals surface area contributed by atoms with Crippen LogP contribution in [0.4, 0.5) is 18.9 Å². The largest absolute Gasteiger partial charge is 0.468 e. The standard InChI is InChI=1S/C12H10F3NOS/c1-7-11(4-5-17-7)18-8-2-3-10(16)9(6-8)12(13,14)15/h2-6H,16H2,1H3. The Morgan fingerprint density at radius 1 is 1.22 bits per heavy atom. The maximum absolute atomic E-state index is 12.7. The first kappa shape index (κ1) is 12.9. The minimum absolute atomic E-state index is 0.268. The van der Waals surface area contributed by atoms with Gasteiger partial charge in [-0.15, -0.1) is 0 Å². The molecule has 0 aliphatic heterocycles. The minimum atomic E-state index is -4.44. The van der Waals surface area contributed by atoms with E-state index in [-0.39, 0.29) is 5.69 Å². The second kappa shape index (κ2) is 4.61. The fraction of sp³-hybridized carbons (Fsp3) is 0.167. The molecule has 1 aromatic carbocycles. The summed E-state index contributed by atoms with van der Waals surface area (Å²) < 4.78 is 43.1. The summed E-state index contributed by atoms with van der Waals surface area (Å²) in [7, 11) is 0. The van der Waals surface area contributed by atoms with Crippen LogP contribution in [0.15, 0.2) is 44.7 Å². The summed E-state index contributed by atoms with van der Waals surface area (Å²) in [5.74, 6) is 0.672. The lowest BCUT2D eigenvalue weighted by molar-refractivity contribution is -0.137. The molecular formula is C12H10F3NOS. The van der Waals surface area contributed by atoms with Crippen LogP contribution < -0.4 is 5.73 Å². The molecular weight excluding hydrogens is 263 g/mol. The van der Waals surface area contributed by atoms with E-state index in [1.165, 1.54) is 24.1 Å². The van der Waals surface area contributed by atoms with Gasteiger partial charge in [0.05, 0.1) is 16.7 Å². The molecule has 0 spiro atoms. The topological polar surface area (TPSA) is 39.2 Å². The minimum Gasteiger partial charge on any atom is -0.468 e. The fourth-order valence-electron chi connectivity index (χ4n) is 1.45. The van der Waals surface area contributed by atoms with E-state index in [1.54, 1.807) is 19.1 Å². The molecule has 2 nitrogen and oxygen atoms in total. The van der Waals surface area contributed by atoms with Gasteiger partial charge < -0.3 is 10.2 Å². The number of nitrogen functional groups attached to an aromatic ring is 1. The van der Waals surface area contributed by atoms with Crippen LogP contribution >= 0.6 is 11.8 Å². The van der Waals surface area contributed by atoms with Crippen LogP contribution in [0.2, 0.25) is 0 Å². The van der Waals surface area contributed by atoms with Gasteiger partial charge in [0.2, 0.25) is 0 Å². The fourth-order valence-corrected chi connectivity index (χ4v) is 2.33. The molecule has 1 aromatic heterocycles. The number of nitrogens with two attached hydrogens (primary N) is 1. The quantitative estimate of drug-likeness (QED) is 0.827. The zero-order valence-electron chi connectivity index (χ0n) is 9.41. The molecule has 6 heteroatoms. The Morgan fingerprint density at radius 3 is 2.50 bits per heavy atom. The van der Waals surface area contributed by atoms with E-state index in [0.29, 0.717) is 10.7 Å². The summed E-state index contributed by atoms with van der Waals surface area (Å²) in [4.78, 5) is 1.26. The molecule has 0 atom stereocenters. The average Bonchev–Trinajstić information content (AvgIpc) is 2.66. The van der Waals surface area contributed by atoms with Crippen molar-refractivity contribution in [3.8, 4) is 0 Å². The third kappa shape index (κ3) is 2.64. The van der Waals surface area contributed by atoms with Crippen LogP contribution in [-0.4, -0.2) is 0 Å². The first-order chi connectivity index (χ1) is 8.38. The van der Waals surface area contributed by atoms with E-state index < -0.39 is 11.7 Å². The Kier molecular flexibility index (Phi) is 3.30. The molecule has 0 unspecified atom stereocenters. The van der Waals surface area contributed by atoms with E-state index in [4.69, 9.17) is 10.2 Å². The predicted molar refractivity (Wildman–Crippen MR) is 63.4 cm³/mol. The highest BCUT2D eigenvalue weighted by Crippen LogP contribution is 2.38. The monoisotopic (exact) mass is 273 g/mol. The Morgan fingerprint density at radius 2 is 1.94 bits per heavy atom. The highest BCUT2D eigenvalue weighted by molar-refractivity contribution is 7.99. The summed E-state index contributed by atoms with van der Waals surface area (Å²) in [6, 6.07) is 5.58. The van der Waals surface area contributed by atoms with Crippen molar-refractivity contribution in [1.82, 2.24) is 0 Å². The van der Waals surface area contributed by atoms with Gasteiger partial charge in [-0.2, -0.15) is 13.2 Å². The summed E-state index contributed by atoms with van der Waals surface area (Å²) in [6.07, 6.45) is -2.94. The lowest BCUT2D eigenvalue weighted by atomic mass is 10.2. The molecule has 0 aliphatic rings. The van der Waals surface area contributed by atoms with Crippen LogP contribution in [0.5, 0.6) is 0 Å². The number of aryl methyl sites for hydroxylation is 1. The summed E-state index contributed by atoms with van der Waals surface area (Å²) in [5.41, 5.74) is 4.25. The molecule has 0 bridgehead atoms. The number of anilines is 1. The molecule has 0 amide bonds. The van der Waals surface area contributed by atoms with Crippen LogP contribution in [-0.2, 0) is 6.18 Å². The van der Waals surface area contributed by atoms with Crippen molar-refractivity contribution in [3.63, 3.8) is 0 Å². The highest BCUT2D eigenvalue weighted by Gasteiger charge is 2.33. The van der Waals surface area contributed by atoms with Gasteiger partial charge in [-0.05, 0) is 31.2 Å². The molecule has 1 heterocycles. The molecule has 2 aromatic rings. The number of hydrogen-bond acceptors (Lipinski definition) is 3. The van der Waals surface area contributed by atoms with E-state index in [2.05, 4.69) is 0 Å². The number of hydrogen-bond donors (Lipinski definition) is 1. The molecule has 96 valence electrons. The van der Waals surface area contributed by atoms with Gasteiger partial charge in [0.1, 0.15) is 5.76 Å². The Balaban J connectivity index is 2.33. The summed E-state index contributed by atoms with van der Waals surface area (Å²) in [5, 5.41) is 0. The molecule has 18 heavy (non-hydrogen) atoms. The van der Waals surface area contributed by atoms with Crippen LogP contribution in [0, 0.1) is 6.92 Å². The van der Waals surface area contributed by atoms with Gasteiger partial charge in [-0.25, -0.2) is 0 Å². The van der Waals surface area contributed by atoms with Crippen LogP contribution in [0.25, 0.3) is 0 Å². The summed E-state index contributed by atoms with van der Waals surface area (Å²) >= 11 is 1.21. The highest BCUT2D eigenvalue weighted by atomic mass is 32.2. The predicted octanol–water partition coefficient (Wildman–Crippen LogP) is 4.34. The van der Waals surface area contributed by atoms with E-state index in [1.807, 2.05) is 0 Å². The lowest BCUT2D eigenvalue weighted by Gasteiger charge is -2.11. The van der Waals surface area contributed by atoms with Crippen molar-refractivity contribution in [2.75, 3.05) is 5.73 Å². The first-order valence-corrected chi connectivity index (χ1v) is 5.88. The maximum atomic E-state index is 12.7. The van der Waals surface area contributed by atoms with Crippen molar-refractivity contribution in [2.24, 2.45) is 0 Å². The van der Waals surface area contributed by atoms with Gasteiger partial charge in [0.25, 0.3) is 0 Å². The second-order valence-corrected chi connectivity index (χ2v) is 4.81. The van der Waals surface area contributed by atoms with Crippen LogP contribution in [0.3, 0.4) is 0 Å². The van der Waals surface area contributed by atoms with Gasteiger partial charge >= 0.3 is 6.18 Å². The Labute approximate surface area is 106 Å². The average molecular weight is 273 g/mol. The van der Waals surface area contributed by atoms with Crippen LogP contribution in [0.1, 0.15) is 11.3 Å². The molecule has 0 radical (unpaired) electrons. The lowest BCUT2D eigenvalue weighted by Crippen LogP contribution is -2.08. The van der Waals surface area contributed by atoms with E-state index in [0.717, 1.165) is 11.0 Å². The second-order valence-electron chi connectivity index (χ2n) is 3.69. The Hall–Kier alpha value is -1.56. The Bertz CT molecular complexity index is 563. The smallest absolute Gasteiger partial charge is 0.418 e. The molecule has 0 aliphatic carbocycles. The zero-order valence-corrected chi connectivity index (χ0v) is 10.2. The van der Waals surface area contributed by atoms with Gasteiger partial charge in [-0.1, -0.05) is 11.8 Å². The van der Waals surface area contributed by atoms with Crippen molar-refractivity contribution in [2.45, 2.75) is 22.9 Å². The van der Waals surface area contributed by atoms with Gasteiger partial charge in [0.15, 0.2) is 0 Å². The SMILES string of the molecule is Cc1occc1Sc1ccc(N)c(C(F)(F)F)c1. The molecule has 2 rings (SSSR count). The normalized spacial score (nSPS) is 11.8. The molecule has 0 saturated carbocycles. The van der Waals surface area contributed by atoms with Crippen molar-refractivity contribution in [3.05, 3.63) is 41.9 Å². The van der Waals surface area contributed by atoms with E-state index >= 15 is 0 Å². The van der Waals surface area contributed by atoms with E-state index in [9.17, 15) is 13.2 Å². The van der Waals surface area contributed by atoms with Crippen molar-refractivity contribution in [1.29, 1.82) is 0 Å². The summed E-state index contributed by atoms with van der Waals surface area (Å²) in [6.45, 7) is 1.75. The zero-order chi connectivity index (χ0) is 13.3. The number of benzene rings is 1. The number of alkyl halides is 3. The maximum Gasteiger partial charge on any atom is 0.418 e.